The van der Waals surface area contributed by atoms with E-state index in [1.54, 1.807) is 7.05 Å². The van der Waals surface area contributed by atoms with Crippen LogP contribution in [0.2, 0.25) is 0 Å². The van der Waals surface area contributed by atoms with Crippen LogP contribution in [0.5, 0.6) is 0 Å². The molecule has 0 bridgehead atoms. The van der Waals surface area contributed by atoms with Gasteiger partial charge in [-0.15, -0.1) is 0 Å². The number of carbonyl (C=O) groups excluding carboxylic acids is 2. The number of benzene rings is 1. The molecular weight excluding hydrogens is 480 g/mol. The molecule has 186 valence electrons. The summed E-state index contributed by atoms with van der Waals surface area (Å²) in [6.07, 6.45) is 2.28. The highest BCUT2D eigenvalue weighted by molar-refractivity contribution is 7.19. The number of halogens is 2. The standard InChI is InChI=1S/C22H25F2N7O3S/c1-11(32)34-22(7-9-27-8-6-15(22)25)18-14(10-28-31(18)2)29-20(33)17-19(26)35-21(30-17)16-12(23)4-3-5-13(16)24/h3-5,10,15,27H,6-9,25-26H2,1-2H3,(H,29,33)/t15-,22+/m0/s1. The van der Waals surface area contributed by atoms with Crippen molar-refractivity contribution in [2.24, 2.45) is 12.8 Å². The van der Waals surface area contributed by atoms with E-state index in [-0.39, 0.29) is 27.0 Å². The molecule has 3 aromatic rings. The Morgan fingerprint density at radius 1 is 1.31 bits per heavy atom. The summed E-state index contributed by atoms with van der Waals surface area (Å²) in [5, 5.41) is 10.1. The molecule has 2 atom stereocenters. The van der Waals surface area contributed by atoms with E-state index in [2.05, 4.69) is 20.7 Å². The molecule has 6 N–H and O–H groups in total. The first kappa shape index (κ1) is 24.7. The van der Waals surface area contributed by atoms with Crippen LogP contribution < -0.4 is 22.1 Å². The van der Waals surface area contributed by atoms with Crippen LogP contribution in [-0.2, 0) is 22.2 Å². The predicted molar refractivity (Wildman–Crippen MR) is 127 cm³/mol. The topological polar surface area (TPSA) is 150 Å². The Balaban J connectivity index is 1.71. The third kappa shape index (κ3) is 4.61. The molecule has 1 aliphatic rings. The van der Waals surface area contributed by atoms with Crippen LogP contribution >= 0.6 is 11.3 Å². The van der Waals surface area contributed by atoms with Gasteiger partial charge in [-0.05, 0) is 31.6 Å². The number of nitrogens with zero attached hydrogens (tertiary/aromatic N) is 3. The number of aryl methyl sites for hydroxylation is 1. The van der Waals surface area contributed by atoms with Crippen LogP contribution in [0.15, 0.2) is 24.4 Å². The number of nitrogens with two attached hydrogens (primary N) is 2. The van der Waals surface area contributed by atoms with E-state index in [1.807, 2.05) is 0 Å². The molecule has 0 saturated carbocycles. The molecule has 1 aromatic carbocycles. The fourth-order valence-corrected chi connectivity index (χ4v) is 5.19. The predicted octanol–water partition coefficient (Wildman–Crippen LogP) is 2.13. The lowest BCUT2D eigenvalue weighted by atomic mass is 9.85. The molecular formula is C22H25F2N7O3S. The largest absolute Gasteiger partial charge is 0.451 e. The number of esters is 1. The van der Waals surface area contributed by atoms with E-state index in [9.17, 15) is 18.4 Å². The summed E-state index contributed by atoms with van der Waals surface area (Å²) in [4.78, 5) is 29.3. The number of aromatic nitrogens is 3. The molecule has 0 radical (unpaired) electrons. The second-order valence-electron chi connectivity index (χ2n) is 8.19. The van der Waals surface area contributed by atoms with Crippen molar-refractivity contribution in [3.8, 4) is 10.6 Å². The van der Waals surface area contributed by atoms with E-state index in [0.717, 1.165) is 23.5 Å². The number of carbonyl (C=O) groups is 2. The second kappa shape index (κ2) is 9.68. The normalized spacial score (nSPS) is 20.3. The molecule has 10 nitrogen and oxygen atoms in total. The lowest BCUT2D eigenvalue weighted by Gasteiger charge is -2.37. The fraction of sp³-hybridized carbons (Fsp3) is 0.364. The Labute approximate surface area is 203 Å². The van der Waals surface area contributed by atoms with E-state index < -0.39 is 35.2 Å². The van der Waals surface area contributed by atoms with E-state index in [0.29, 0.717) is 31.6 Å². The molecule has 3 heterocycles. The van der Waals surface area contributed by atoms with Crippen LogP contribution in [0, 0.1) is 11.6 Å². The smallest absolute Gasteiger partial charge is 0.303 e. The molecule has 1 saturated heterocycles. The monoisotopic (exact) mass is 505 g/mol. The fourth-order valence-electron chi connectivity index (χ4n) is 4.32. The summed E-state index contributed by atoms with van der Waals surface area (Å²) >= 11 is 0.790. The zero-order valence-corrected chi connectivity index (χ0v) is 19.9. The van der Waals surface area contributed by atoms with Crippen molar-refractivity contribution in [2.75, 3.05) is 24.1 Å². The third-order valence-electron chi connectivity index (χ3n) is 5.86. The number of hydrogen-bond acceptors (Lipinski definition) is 9. The van der Waals surface area contributed by atoms with Crippen LogP contribution in [0.4, 0.5) is 19.5 Å². The van der Waals surface area contributed by atoms with Gasteiger partial charge in [0.05, 0.1) is 23.5 Å². The van der Waals surface area contributed by atoms with Gasteiger partial charge in [-0.3, -0.25) is 14.3 Å². The van der Waals surface area contributed by atoms with Crippen molar-refractivity contribution in [1.29, 1.82) is 0 Å². The first-order valence-corrected chi connectivity index (χ1v) is 11.7. The minimum atomic E-state index is -1.25. The molecule has 0 spiro atoms. The van der Waals surface area contributed by atoms with Crippen molar-refractivity contribution in [3.05, 3.63) is 47.4 Å². The molecule has 13 heteroatoms. The van der Waals surface area contributed by atoms with E-state index >= 15 is 0 Å². The molecule has 1 amide bonds. The molecule has 0 unspecified atom stereocenters. The number of anilines is 2. The van der Waals surface area contributed by atoms with Gasteiger partial charge in [-0.2, -0.15) is 5.10 Å². The highest BCUT2D eigenvalue weighted by atomic mass is 32.1. The molecule has 2 aromatic heterocycles. The minimum absolute atomic E-state index is 0.0179. The molecule has 4 rings (SSSR count). The van der Waals surface area contributed by atoms with Crippen LogP contribution in [0.1, 0.15) is 35.9 Å². The summed E-state index contributed by atoms with van der Waals surface area (Å²) in [7, 11) is 1.65. The maximum Gasteiger partial charge on any atom is 0.303 e. The third-order valence-corrected chi connectivity index (χ3v) is 6.77. The SMILES string of the molecule is CC(=O)O[C@]1(c2c(NC(=O)c3nc(-c4c(F)cccc4F)sc3N)cnn2C)CCNCC[C@@H]1N. The molecule has 1 aliphatic heterocycles. The quantitative estimate of drug-likeness (QED) is 0.385. The van der Waals surface area contributed by atoms with Gasteiger partial charge in [0.15, 0.2) is 11.3 Å². The first-order chi connectivity index (χ1) is 16.6. The van der Waals surface area contributed by atoms with Gasteiger partial charge < -0.3 is 26.8 Å². The van der Waals surface area contributed by atoms with Gasteiger partial charge >= 0.3 is 5.97 Å². The molecule has 0 aliphatic carbocycles. The Bertz CT molecular complexity index is 1260. The summed E-state index contributed by atoms with van der Waals surface area (Å²) in [6, 6.07) is 2.84. The summed E-state index contributed by atoms with van der Waals surface area (Å²) < 4.78 is 35.7. The highest BCUT2D eigenvalue weighted by Crippen LogP contribution is 2.40. The van der Waals surface area contributed by atoms with Gasteiger partial charge in [0.1, 0.15) is 27.3 Å². The number of ether oxygens (including phenoxy) is 1. The van der Waals surface area contributed by atoms with Crippen molar-refractivity contribution < 1.29 is 23.1 Å². The average molecular weight is 506 g/mol. The molecule has 35 heavy (non-hydrogen) atoms. The average Bonchev–Trinajstić information content (AvgIpc) is 3.28. The molecule has 1 fully saturated rings. The highest BCUT2D eigenvalue weighted by Gasteiger charge is 2.47. The lowest BCUT2D eigenvalue weighted by molar-refractivity contribution is -0.162. The zero-order chi connectivity index (χ0) is 25.3. The maximum absolute atomic E-state index is 14.2. The van der Waals surface area contributed by atoms with E-state index in [4.69, 9.17) is 16.2 Å². The Morgan fingerprint density at radius 2 is 2.03 bits per heavy atom. The van der Waals surface area contributed by atoms with Crippen LogP contribution in [0.3, 0.4) is 0 Å². The summed E-state index contributed by atoms with van der Waals surface area (Å²) in [6.45, 7) is 2.45. The van der Waals surface area contributed by atoms with Gasteiger partial charge in [-0.1, -0.05) is 17.4 Å². The van der Waals surface area contributed by atoms with Crippen molar-refractivity contribution in [3.63, 3.8) is 0 Å². The maximum atomic E-state index is 14.2. The summed E-state index contributed by atoms with van der Waals surface area (Å²) in [5.74, 6) is -2.88. The van der Waals surface area contributed by atoms with Crippen molar-refractivity contribution in [2.45, 2.75) is 31.4 Å². The lowest BCUT2D eigenvalue weighted by Crippen LogP contribution is -2.50. The van der Waals surface area contributed by atoms with Crippen molar-refractivity contribution in [1.82, 2.24) is 20.1 Å². The zero-order valence-electron chi connectivity index (χ0n) is 19.1. The van der Waals surface area contributed by atoms with Crippen LogP contribution in [0.25, 0.3) is 10.6 Å². The number of nitrogen functional groups attached to an aromatic ring is 1. The van der Waals surface area contributed by atoms with Gasteiger partial charge in [0, 0.05) is 20.4 Å². The number of rotatable bonds is 5. The second-order valence-corrected chi connectivity index (χ2v) is 9.22. The Morgan fingerprint density at radius 3 is 2.71 bits per heavy atom. The number of thiazole rings is 1. The van der Waals surface area contributed by atoms with Gasteiger partial charge in [0.2, 0.25) is 0 Å². The number of hydrogen-bond donors (Lipinski definition) is 4. The Hall–Kier alpha value is -3.42. The summed E-state index contributed by atoms with van der Waals surface area (Å²) in [5.41, 5.74) is 11.3. The number of amides is 1. The van der Waals surface area contributed by atoms with E-state index in [1.165, 1.54) is 23.9 Å². The van der Waals surface area contributed by atoms with Gasteiger partial charge in [0.25, 0.3) is 5.91 Å². The van der Waals surface area contributed by atoms with Crippen molar-refractivity contribution >= 4 is 33.9 Å². The first-order valence-electron chi connectivity index (χ1n) is 10.8. The number of nitrogens with one attached hydrogen (secondary N) is 2. The Kier molecular flexibility index (Phi) is 6.83. The minimum Gasteiger partial charge on any atom is -0.451 e. The van der Waals surface area contributed by atoms with Crippen LogP contribution in [-0.4, -0.2) is 45.8 Å². The van der Waals surface area contributed by atoms with Gasteiger partial charge in [-0.25, -0.2) is 13.8 Å².